The molecule has 1 rings (SSSR count). The van der Waals surface area contributed by atoms with Crippen LogP contribution in [0.25, 0.3) is 0 Å². The maximum atomic E-state index is 11.1. The Balaban J connectivity index is 2.31. The molecule has 1 aromatic rings. The smallest absolute Gasteiger partial charge is 0.322 e. The molecule has 0 aromatic heterocycles. The van der Waals surface area contributed by atoms with Crippen LogP contribution < -0.4 is 22.1 Å². The van der Waals surface area contributed by atoms with Crippen molar-refractivity contribution in [2.45, 2.75) is 18.9 Å². The molecule has 1 atom stereocenters. The third-order valence-electron chi connectivity index (χ3n) is 2.80. The van der Waals surface area contributed by atoms with Crippen LogP contribution in [0.3, 0.4) is 0 Å². The second-order valence-electron chi connectivity index (χ2n) is 4.62. The van der Waals surface area contributed by atoms with Crippen LogP contribution in [0.4, 0.5) is 5.69 Å². The first-order valence-corrected chi connectivity index (χ1v) is 7.68. The molecular formula is C14H20ClN5O2S. The van der Waals surface area contributed by atoms with E-state index in [9.17, 15) is 4.79 Å². The first-order valence-electron chi connectivity index (χ1n) is 6.89. The van der Waals surface area contributed by atoms with Crippen LogP contribution in [0.1, 0.15) is 12.8 Å². The number of hydrogen-bond donors (Lipinski definition) is 4. The van der Waals surface area contributed by atoms with E-state index in [1.165, 1.54) is 7.11 Å². The van der Waals surface area contributed by atoms with E-state index in [1.54, 1.807) is 24.3 Å². The summed E-state index contributed by atoms with van der Waals surface area (Å²) < 4.78 is 4.54. The van der Waals surface area contributed by atoms with Gasteiger partial charge in [-0.2, -0.15) is 0 Å². The number of aliphatic imine (C=N–C) groups is 1. The average molecular weight is 358 g/mol. The second kappa shape index (κ2) is 9.98. The molecule has 0 radical (unpaired) electrons. The van der Waals surface area contributed by atoms with Gasteiger partial charge >= 0.3 is 5.97 Å². The highest BCUT2D eigenvalue weighted by Gasteiger charge is 2.12. The van der Waals surface area contributed by atoms with Gasteiger partial charge in [0, 0.05) is 17.3 Å². The lowest BCUT2D eigenvalue weighted by atomic mass is 10.2. The van der Waals surface area contributed by atoms with Crippen LogP contribution >= 0.6 is 23.8 Å². The summed E-state index contributed by atoms with van der Waals surface area (Å²) in [4.78, 5) is 15.2. The number of methoxy groups -OCH3 is 1. The number of carbonyl (C=O) groups excluding carboxylic acids is 1. The van der Waals surface area contributed by atoms with Crippen LogP contribution in [0.15, 0.2) is 29.3 Å². The molecule has 7 nitrogen and oxygen atoms in total. The number of halogens is 1. The fourth-order valence-corrected chi connectivity index (χ4v) is 1.98. The lowest BCUT2D eigenvalue weighted by molar-refractivity contribution is -0.142. The van der Waals surface area contributed by atoms with Gasteiger partial charge in [0.25, 0.3) is 0 Å². The molecule has 0 aliphatic heterocycles. The summed E-state index contributed by atoms with van der Waals surface area (Å²) >= 11 is 10.9. The fraction of sp³-hybridized carbons (Fsp3) is 0.357. The van der Waals surface area contributed by atoms with Crippen molar-refractivity contribution in [3.05, 3.63) is 29.3 Å². The first kappa shape index (κ1) is 19.1. The minimum absolute atomic E-state index is 0.183. The average Bonchev–Trinajstić information content (AvgIpc) is 2.52. The first-order chi connectivity index (χ1) is 10.9. The van der Waals surface area contributed by atoms with Crippen LogP contribution in [0.5, 0.6) is 0 Å². The van der Waals surface area contributed by atoms with E-state index in [4.69, 9.17) is 35.3 Å². The molecule has 1 aromatic carbocycles. The Kier molecular flexibility index (Phi) is 8.31. The number of nitrogens with one attached hydrogen (secondary N) is 2. The Bertz CT molecular complexity index is 565. The highest BCUT2D eigenvalue weighted by molar-refractivity contribution is 7.80. The number of hydrogen-bond acceptors (Lipinski definition) is 5. The standard InChI is InChI=1S/C14H20ClN5O2S/c1-22-12(21)11(16)3-2-8-18-13(17)20-14(23)19-10-6-4-9(15)5-7-10/h4-7,11H,2-3,8,16H2,1H3,(H4,17,18,19,20,23). The molecular weight excluding hydrogens is 338 g/mol. The van der Waals surface area contributed by atoms with E-state index < -0.39 is 12.0 Å². The van der Waals surface area contributed by atoms with Crippen molar-refractivity contribution < 1.29 is 9.53 Å². The Morgan fingerprint density at radius 2 is 2.09 bits per heavy atom. The van der Waals surface area contributed by atoms with Crippen molar-refractivity contribution in [1.82, 2.24) is 5.32 Å². The van der Waals surface area contributed by atoms with E-state index >= 15 is 0 Å². The Labute approximate surface area is 145 Å². The SMILES string of the molecule is COC(=O)C(N)CCCN=C(N)NC(=S)Nc1ccc(Cl)cc1. The van der Waals surface area contributed by atoms with Crippen LogP contribution in [-0.4, -0.2) is 36.7 Å². The van der Waals surface area contributed by atoms with E-state index in [0.717, 1.165) is 5.69 Å². The highest BCUT2D eigenvalue weighted by atomic mass is 35.5. The Hall–Kier alpha value is -1.90. The van der Waals surface area contributed by atoms with E-state index in [2.05, 4.69) is 20.4 Å². The summed E-state index contributed by atoms with van der Waals surface area (Å²) in [5.41, 5.74) is 12.1. The van der Waals surface area contributed by atoms with Gasteiger partial charge in [0.15, 0.2) is 11.1 Å². The molecule has 6 N–H and O–H groups in total. The number of anilines is 1. The molecule has 0 heterocycles. The van der Waals surface area contributed by atoms with Crippen molar-refractivity contribution in [2.75, 3.05) is 19.0 Å². The van der Waals surface area contributed by atoms with Gasteiger partial charge in [-0.25, -0.2) is 0 Å². The van der Waals surface area contributed by atoms with E-state index in [1.807, 2.05) is 0 Å². The fourth-order valence-electron chi connectivity index (χ4n) is 1.63. The number of esters is 1. The summed E-state index contributed by atoms with van der Waals surface area (Å²) in [6.07, 6.45) is 1.08. The van der Waals surface area contributed by atoms with Crippen LogP contribution in [0.2, 0.25) is 5.02 Å². The molecule has 0 aliphatic rings. The molecule has 9 heteroatoms. The molecule has 1 unspecified atom stereocenters. The zero-order valence-electron chi connectivity index (χ0n) is 12.7. The third kappa shape index (κ3) is 7.78. The molecule has 0 saturated carbocycles. The van der Waals surface area contributed by atoms with Crippen molar-refractivity contribution in [3.8, 4) is 0 Å². The van der Waals surface area contributed by atoms with Crippen molar-refractivity contribution >= 4 is 46.5 Å². The van der Waals surface area contributed by atoms with Gasteiger partial charge in [-0.15, -0.1) is 0 Å². The number of nitrogens with zero attached hydrogens (tertiary/aromatic N) is 1. The lowest BCUT2D eigenvalue weighted by Crippen LogP contribution is -2.39. The number of thiocarbonyl (C=S) groups is 1. The number of guanidine groups is 1. The maximum Gasteiger partial charge on any atom is 0.322 e. The van der Waals surface area contributed by atoms with E-state index in [-0.39, 0.29) is 5.96 Å². The van der Waals surface area contributed by atoms with Crippen molar-refractivity contribution in [3.63, 3.8) is 0 Å². The zero-order chi connectivity index (χ0) is 17.2. The molecule has 0 aliphatic carbocycles. The van der Waals surface area contributed by atoms with Gasteiger partial charge < -0.3 is 26.8 Å². The number of ether oxygens (including phenoxy) is 1. The predicted octanol–water partition coefficient (Wildman–Crippen LogP) is 1.22. The molecule has 126 valence electrons. The minimum atomic E-state index is -0.642. The maximum absolute atomic E-state index is 11.1. The predicted molar refractivity (Wildman–Crippen MR) is 96.5 cm³/mol. The number of carbonyl (C=O) groups is 1. The molecule has 0 fully saturated rings. The summed E-state index contributed by atoms with van der Waals surface area (Å²) in [7, 11) is 1.30. The molecule has 0 saturated heterocycles. The summed E-state index contributed by atoms with van der Waals surface area (Å²) in [6, 6.07) is 6.43. The minimum Gasteiger partial charge on any atom is -0.468 e. The second-order valence-corrected chi connectivity index (χ2v) is 5.47. The highest BCUT2D eigenvalue weighted by Crippen LogP contribution is 2.13. The van der Waals surface area contributed by atoms with Gasteiger partial charge in [-0.05, 0) is 49.3 Å². The number of benzene rings is 1. The van der Waals surface area contributed by atoms with Gasteiger partial charge in [0.05, 0.1) is 7.11 Å². The van der Waals surface area contributed by atoms with Crippen LogP contribution in [0, 0.1) is 0 Å². The Morgan fingerprint density at radius 3 is 2.70 bits per heavy atom. The van der Waals surface area contributed by atoms with Crippen molar-refractivity contribution in [1.29, 1.82) is 0 Å². The van der Waals surface area contributed by atoms with E-state index in [0.29, 0.717) is 29.5 Å². The third-order valence-corrected chi connectivity index (χ3v) is 3.26. The molecule has 23 heavy (non-hydrogen) atoms. The molecule has 0 spiro atoms. The zero-order valence-corrected chi connectivity index (χ0v) is 14.3. The van der Waals surface area contributed by atoms with Gasteiger partial charge in [-0.1, -0.05) is 11.6 Å². The number of rotatable bonds is 6. The van der Waals surface area contributed by atoms with Gasteiger partial charge in [0.2, 0.25) is 0 Å². The van der Waals surface area contributed by atoms with Gasteiger partial charge in [0.1, 0.15) is 6.04 Å². The quantitative estimate of drug-likeness (QED) is 0.199. The normalized spacial score (nSPS) is 12.4. The summed E-state index contributed by atoms with van der Waals surface area (Å²) in [5, 5.41) is 6.67. The van der Waals surface area contributed by atoms with Gasteiger partial charge in [-0.3, -0.25) is 9.79 Å². The van der Waals surface area contributed by atoms with Crippen molar-refractivity contribution in [2.24, 2.45) is 16.5 Å². The lowest BCUT2D eigenvalue weighted by Gasteiger charge is -2.10. The summed E-state index contributed by atoms with van der Waals surface area (Å²) in [6.45, 7) is 0.424. The Morgan fingerprint density at radius 1 is 1.43 bits per heavy atom. The monoisotopic (exact) mass is 357 g/mol. The largest absolute Gasteiger partial charge is 0.468 e. The molecule has 0 bridgehead atoms. The summed E-state index contributed by atoms with van der Waals surface area (Å²) in [5.74, 6) is -0.253. The molecule has 0 amide bonds. The van der Waals surface area contributed by atoms with Crippen LogP contribution in [-0.2, 0) is 9.53 Å². The topological polar surface area (TPSA) is 115 Å². The number of nitrogens with two attached hydrogens (primary N) is 2.